The molecule has 0 unspecified atom stereocenters. The van der Waals surface area contributed by atoms with Gasteiger partial charge in [0.2, 0.25) is 0 Å². The van der Waals surface area contributed by atoms with Gasteiger partial charge < -0.3 is 15.2 Å². The number of fused-ring (bicyclic) bond motifs is 1. The second kappa shape index (κ2) is 8.51. The summed E-state index contributed by atoms with van der Waals surface area (Å²) in [6.07, 6.45) is 0. The standard InChI is InChI=1S/C21H15N5O6S/c27-21(28)13-4-3-5-14(12-13)22-19-20(24-18-7-2-1-6-17(18)23-19)25-33(31,32)16-10-8-15(9-11-16)26(29)30/h1-12H,(H,22,23)(H,24,25)(H,27,28)/p-1. The molecule has 1 aromatic heterocycles. The first-order chi connectivity index (χ1) is 15.7. The molecule has 0 amide bonds. The van der Waals surface area contributed by atoms with E-state index >= 15 is 0 Å². The summed E-state index contributed by atoms with van der Waals surface area (Å²) in [4.78, 5) is 29.9. The van der Waals surface area contributed by atoms with Gasteiger partial charge in [-0.25, -0.2) is 18.4 Å². The molecule has 0 saturated carbocycles. The van der Waals surface area contributed by atoms with E-state index in [1.807, 2.05) is 0 Å². The summed E-state index contributed by atoms with van der Waals surface area (Å²) in [5.41, 5.74) is 0.857. The maximum Gasteiger partial charge on any atom is 0.269 e. The number of non-ortho nitro benzene ring substituents is 1. The zero-order valence-electron chi connectivity index (χ0n) is 16.6. The fourth-order valence-corrected chi connectivity index (χ4v) is 3.96. The molecular formula is C21H14N5O6S-. The molecule has 0 saturated heterocycles. The van der Waals surface area contributed by atoms with Gasteiger partial charge in [-0.05, 0) is 42.0 Å². The largest absolute Gasteiger partial charge is 0.545 e. The molecule has 12 heteroatoms. The zero-order chi connectivity index (χ0) is 23.6. The third kappa shape index (κ3) is 4.70. The Morgan fingerprint density at radius 2 is 1.52 bits per heavy atom. The number of anilines is 3. The number of nitro benzene ring substituents is 1. The molecule has 4 rings (SSSR count). The molecule has 3 aromatic carbocycles. The predicted octanol–water partition coefficient (Wildman–Crippen LogP) is 2.45. The normalized spacial score (nSPS) is 11.2. The van der Waals surface area contributed by atoms with Crippen molar-refractivity contribution < 1.29 is 23.2 Å². The molecular weight excluding hydrogens is 450 g/mol. The molecule has 166 valence electrons. The molecule has 1 heterocycles. The fraction of sp³-hybridized carbons (Fsp3) is 0. The molecule has 4 aromatic rings. The van der Waals surface area contributed by atoms with Crippen molar-refractivity contribution in [2.24, 2.45) is 0 Å². The average molecular weight is 464 g/mol. The van der Waals surface area contributed by atoms with E-state index in [1.165, 1.54) is 18.2 Å². The number of hydrogen-bond acceptors (Lipinski definition) is 9. The van der Waals surface area contributed by atoms with Gasteiger partial charge >= 0.3 is 0 Å². The molecule has 11 nitrogen and oxygen atoms in total. The number of carbonyl (C=O) groups excluding carboxylic acids is 1. The fourth-order valence-electron chi connectivity index (χ4n) is 2.95. The van der Waals surface area contributed by atoms with E-state index in [0.717, 1.165) is 24.3 Å². The maximum atomic E-state index is 12.9. The second-order valence-corrected chi connectivity index (χ2v) is 8.44. The topological polar surface area (TPSA) is 167 Å². The summed E-state index contributed by atoms with van der Waals surface area (Å²) in [6.45, 7) is 0. The number of nitro groups is 1. The molecule has 0 fully saturated rings. The summed E-state index contributed by atoms with van der Waals surface area (Å²) >= 11 is 0. The highest BCUT2D eigenvalue weighted by atomic mass is 32.2. The van der Waals surface area contributed by atoms with Crippen LogP contribution in [0.1, 0.15) is 10.4 Å². The van der Waals surface area contributed by atoms with Gasteiger partial charge in [0, 0.05) is 17.8 Å². The van der Waals surface area contributed by atoms with Crippen molar-refractivity contribution in [2.45, 2.75) is 4.90 Å². The zero-order valence-corrected chi connectivity index (χ0v) is 17.4. The van der Waals surface area contributed by atoms with E-state index in [1.54, 1.807) is 30.3 Å². The van der Waals surface area contributed by atoms with Crippen molar-refractivity contribution in [2.75, 3.05) is 10.0 Å². The minimum absolute atomic E-state index is 0.0229. The molecule has 0 aliphatic rings. The van der Waals surface area contributed by atoms with Gasteiger partial charge in [-0.2, -0.15) is 0 Å². The van der Waals surface area contributed by atoms with E-state index < -0.39 is 20.9 Å². The van der Waals surface area contributed by atoms with Crippen molar-refractivity contribution in [3.05, 3.63) is 88.5 Å². The lowest BCUT2D eigenvalue weighted by molar-refractivity contribution is -0.384. The quantitative estimate of drug-likeness (QED) is 0.308. The SMILES string of the molecule is O=C([O-])c1cccc(Nc2nc3ccccc3nc2NS(=O)(=O)c2ccc([N+](=O)[O-])cc2)c1. The molecule has 33 heavy (non-hydrogen) atoms. The van der Waals surface area contributed by atoms with Crippen LogP contribution in [0.2, 0.25) is 0 Å². The highest BCUT2D eigenvalue weighted by molar-refractivity contribution is 7.92. The minimum atomic E-state index is -4.18. The number of aromatic carboxylic acids is 1. The lowest BCUT2D eigenvalue weighted by atomic mass is 10.2. The first-order valence-corrected chi connectivity index (χ1v) is 10.8. The molecule has 2 N–H and O–H groups in total. The Hall–Kier alpha value is -4.58. The Morgan fingerprint density at radius 3 is 2.12 bits per heavy atom. The number of rotatable bonds is 7. The monoisotopic (exact) mass is 464 g/mol. The van der Waals surface area contributed by atoms with Gasteiger partial charge in [0.15, 0.2) is 11.6 Å². The molecule has 0 atom stereocenters. The van der Waals surface area contributed by atoms with E-state index in [0.29, 0.717) is 16.7 Å². The lowest BCUT2D eigenvalue weighted by Gasteiger charge is -2.14. The number of para-hydroxylation sites is 2. The van der Waals surface area contributed by atoms with Crippen LogP contribution >= 0.6 is 0 Å². The number of hydrogen-bond donors (Lipinski definition) is 2. The van der Waals surface area contributed by atoms with Crippen LogP contribution < -0.4 is 15.1 Å². The van der Waals surface area contributed by atoms with Crippen LogP contribution in [0.3, 0.4) is 0 Å². The van der Waals surface area contributed by atoms with Crippen LogP contribution in [0.4, 0.5) is 23.0 Å². The van der Waals surface area contributed by atoms with Crippen molar-refractivity contribution in [1.82, 2.24) is 9.97 Å². The third-order valence-corrected chi connectivity index (χ3v) is 5.88. The van der Waals surface area contributed by atoms with Gasteiger partial charge in [-0.1, -0.05) is 24.3 Å². The lowest BCUT2D eigenvalue weighted by Crippen LogP contribution is -2.22. The summed E-state index contributed by atoms with van der Waals surface area (Å²) in [5, 5.41) is 24.9. The minimum Gasteiger partial charge on any atom is -0.545 e. The van der Waals surface area contributed by atoms with Gasteiger partial charge in [-0.15, -0.1) is 0 Å². The number of carboxylic acids is 1. The first kappa shape index (κ1) is 21.6. The summed E-state index contributed by atoms with van der Waals surface area (Å²) in [7, 11) is -4.18. The van der Waals surface area contributed by atoms with Crippen molar-refractivity contribution in [1.29, 1.82) is 0 Å². The molecule has 0 spiro atoms. The van der Waals surface area contributed by atoms with Crippen LogP contribution in [-0.4, -0.2) is 29.3 Å². The van der Waals surface area contributed by atoms with Crippen LogP contribution in [0.15, 0.2) is 77.7 Å². The Labute approximate surface area is 187 Å². The first-order valence-electron chi connectivity index (χ1n) is 9.35. The maximum absolute atomic E-state index is 12.9. The number of nitrogens with one attached hydrogen (secondary N) is 2. The smallest absolute Gasteiger partial charge is 0.269 e. The Kier molecular flexibility index (Phi) is 5.58. The summed E-state index contributed by atoms with van der Waals surface area (Å²) in [5.74, 6) is -1.50. The molecule has 0 radical (unpaired) electrons. The highest BCUT2D eigenvalue weighted by Gasteiger charge is 2.20. The number of carbonyl (C=O) groups is 1. The summed E-state index contributed by atoms with van der Waals surface area (Å²) < 4.78 is 28.1. The number of nitrogens with zero attached hydrogens (tertiary/aromatic N) is 3. The van der Waals surface area contributed by atoms with Gasteiger partial charge in [0.05, 0.1) is 26.8 Å². The van der Waals surface area contributed by atoms with E-state index in [4.69, 9.17) is 0 Å². The van der Waals surface area contributed by atoms with Crippen molar-refractivity contribution >= 4 is 50.0 Å². The number of aromatic nitrogens is 2. The van der Waals surface area contributed by atoms with E-state index in [2.05, 4.69) is 20.0 Å². The van der Waals surface area contributed by atoms with Crippen molar-refractivity contribution in [3.63, 3.8) is 0 Å². The highest BCUT2D eigenvalue weighted by Crippen LogP contribution is 2.28. The summed E-state index contributed by atoms with van der Waals surface area (Å²) in [6, 6.07) is 16.8. The van der Waals surface area contributed by atoms with Crippen LogP contribution in [0.25, 0.3) is 11.0 Å². The Balaban J connectivity index is 1.75. The molecule has 0 aliphatic carbocycles. The van der Waals surface area contributed by atoms with Gasteiger partial charge in [-0.3, -0.25) is 14.8 Å². The number of carboxylic acid groups (broad SMARTS) is 1. The number of benzene rings is 3. The second-order valence-electron chi connectivity index (χ2n) is 6.76. The Bertz CT molecular complexity index is 1490. The average Bonchev–Trinajstić information content (AvgIpc) is 2.79. The third-order valence-electron chi connectivity index (χ3n) is 4.52. The van der Waals surface area contributed by atoms with Crippen LogP contribution in [0, 0.1) is 10.1 Å². The van der Waals surface area contributed by atoms with Crippen LogP contribution in [0.5, 0.6) is 0 Å². The predicted molar refractivity (Wildman–Crippen MR) is 117 cm³/mol. The van der Waals surface area contributed by atoms with Crippen molar-refractivity contribution in [3.8, 4) is 0 Å². The van der Waals surface area contributed by atoms with E-state index in [-0.39, 0.29) is 27.8 Å². The van der Waals surface area contributed by atoms with Crippen LogP contribution in [-0.2, 0) is 10.0 Å². The van der Waals surface area contributed by atoms with E-state index in [9.17, 15) is 28.4 Å². The van der Waals surface area contributed by atoms with Gasteiger partial charge in [0.25, 0.3) is 15.7 Å². The number of sulfonamides is 1. The molecule has 0 aliphatic heterocycles. The van der Waals surface area contributed by atoms with Gasteiger partial charge in [0.1, 0.15) is 0 Å². The molecule has 0 bridgehead atoms. The Morgan fingerprint density at radius 1 is 0.879 bits per heavy atom.